The van der Waals surface area contributed by atoms with Crippen LogP contribution in [0.2, 0.25) is 0 Å². The molecule has 0 spiro atoms. The fraction of sp³-hybridized carbons (Fsp3) is 0.417. The molecule has 0 N–H and O–H groups in total. The Morgan fingerprint density at radius 1 is 0.946 bits per heavy atom. The van der Waals surface area contributed by atoms with E-state index in [1.807, 2.05) is 0 Å². The summed E-state index contributed by atoms with van der Waals surface area (Å²) < 4.78 is 32.6. The standard InChI is InChI=1S/C24H25N3O10/c1-13(28)34-12-18-20(35-14(2)29)21(36-15(3)30)23(37-18)27-22(24(31)33-5)25-19(26-27)11-8-16-6-9-17(32-4)10-7-16/h6-7,9-10,18,20-21,23H,12H2,1-5H3/t18-,20-,21-,23-/m1/s1. The quantitative estimate of drug-likeness (QED) is 0.291. The van der Waals surface area contributed by atoms with Gasteiger partial charge in [-0.2, -0.15) is 4.98 Å². The largest absolute Gasteiger partial charge is 0.497 e. The molecule has 37 heavy (non-hydrogen) atoms. The van der Waals surface area contributed by atoms with Crippen LogP contribution in [0.5, 0.6) is 5.75 Å². The van der Waals surface area contributed by atoms with Crippen LogP contribution >= 0.6 is 0 Å². The molecule has 0 aliphatic carbocycles. The molecule has 1 fully saturated rings. The van der Waals surface area contributed by atoms with E-state index in [1.54, 1.807) is 31.4 Å². The predicted molar refractivity (Wildman–Crippen MR) is 122 cm³/mol. The number of carbonyl (C=O) groups excluding carboxylic acids is 4. The van der Waals surface area contributed by atoms with E-state index in [0.29, 0.717) is 11.3 Å². The molecule has 0 bridgehead atoms. The Bertz CT molecular complexity index is 1230. The molecule has 1 saturated heterocycles. The number of ether oxygens (including phenoxy) is 6. The van der Waals surface area contributed by atoms with Crippen molar-refractivity contribution in [3.63, 3.8) is 0 Å². The Kier molecular flexibility index (Phi) is 8.81. The molecule has 1 aromatic carbocycles. The average molecular weight is 515 g/mol. The molecule has 13 heteroatoms. The van der Waals surface area contributed by atoms with Crippen molar-refractivity contribution in [2.75, 3.05) is 20.8 Å². The minimum atomic E-state index is -1.30. The second kappa shape index (κ2) is 12.0. The van der Waals surface area contributed by atoms with Crippen molar-refractivity contribution in [1.82, 2.24) is 14.8 Å². The van der Waals surface area contributed by atoms with Gasteiger partial charge < -0.3 is 28.4 Å². The molecule has 0 radical (unpaired) electrons. The Morgan fingerprint density at radius 3 is 2.16 bits per heavy atom. The lowest BCUT2D eigenvalue weighted by atomic mass is 10.1. The van der Waals surface area contributed by atoms with Gasteiger partial charge in [0.25, 0.3) is 0 Å². The Hall–Kier alpha value is -4.44. The smallest absolute Gasteiger partial charge is 0.375 e. The zero-order valence-corrected chi connectivity index (χ0v) is 20.8. The molecule has 2 aromatic rings. The summed E-state index contributed by atoms with van der Waals surface area (Å²) >= 11 is 0. The number of aromatic nitrogens is 3. The van der Waals surface area contributed by atoms with Crippen molar-refractivity contribution in [3.8, 4) is 17.6 Å². The Morgan fingerprint density at radius 2 is 1.59 bits per heavy atom. The summed E-state index contributed by atoms with van der Waals surface area (Å²) in [4.78, 5) is 51.7. The van der Waals surface area contributed by atoms with Crippen LogP contribution < -0.4 is 4.74 Å². The summed E-state index contributed by atoms with van der Waals surface area (Å²) in [5, 5.41) is 4.25. The first kappa shape index (κ1) is 27.2. The van der Waals surface area contributed by atoms with Gasteiger partial charge in [0, 0.05) is 26.3 Å². The third-order valence-electron chi connectivity index (χ3n) is 4.99. The van der Waals surface area contributed by atoms with Gasteiger partial charge >= 0.3 is 23.9 Å². The summed E-state index contributed by atoms with van der Waals surface area (Å²) in [7, 11) is 2.69. The highest BCUT2D eigenvalue weighted by molar-refractivity contribution is 5.85. The highest BCUT2D eigenvalue weighted by atomic mass is 16.7. The van der Waals surface area contributed by atoms with Crippen LogP contribution in [0.4, 0.5) is 0 Å². The highest BCUT2D eigenvalue weighted by Gasteiger charge is 2.52. The molecule has 4 atom stereocenters. The lowest BCUT2D eigenvalue weighted by Gasteiger charge is -2.23. The van der Waals surface area contributed by atoms with E-state index < -0.39 is 48.4 Å². The minimum absolute atomic E-state index is 0.0612. The van der Waals surface area contributed by atoms with E-state index in [2.05, 4.69) is 21.9 Å². The molecule has 196 valence electrons. The van der Waals surface area contributed by atoms with Crippen LogP contribution in [0.3, 0.4) is 0 Å². The number of hydrogen-bond acceptors (Lipinski definition) is 12. The number of methoxy groups -OCH3 is 2. The van der Waals surface area contributed by atoms with Gasteiger partial charge in [0.1, 0.15) is 18.5 Å². The molecular formula is C24H25N3O10. The number of carbonyl (C=O) groups is 4. The van der Waals surface area contributed by atoms with Crippen LogP contribution in [0.1, 0.15) is 49.0 Å². The first-order chi connectivity index (χ1) is 17.6. The van der Waals surface area contributed by atoms with Crippen LogP contribution in [-0.2, 0) is 38.1 Å². The van der Waals surface area contributed by atoms with Crippen LogP contribution in [-0.4, -0.2) is 77.8 Å². The summed E-state index contributed by atoms with van der Waals surface area (Å²) in [6.45, 7) is 3.17. The number of hydrogen-bond donors (Lipinski definition) is 0. The lowest BCUT2D eigenvalue weighted by Crippen LogP contribution is -2.41. The summed E-state index contributed by atoms with van der Waals surface area (Å²) in [5.74, 6) is 3.01. The van der Waals surface area contributed by atoms with Gasteiger partial charge in [0.05, 0.1) is 14.2 Å². The van der Waals surface area contributed by atoms with Crippen molar-refractivity contribution in [2.45, 2.75) is 45.3 Å². The first-order valence-corrected chi connectivity index (χ1v) is 11.0. The van der Waals surface area contributed by atoms with Gasteiger partial charge in [0.15, 0.2) is 18.4 Å². The Labute approximate surface area is 211 Å². The van der Waals surface area contributed by atoms with Gasteiger partial charge in [-0.1, -0.05) is 5.92 Å². The maximum atomic E-state index is 12.5. The average Bonchev–Trinajstić information content (AvgIpc) is 3.42. The summed E-state index contributed by atoms with van der Waals surface area (Å²) in [6, 6.07) is 6.91. The second-order valence-electron chi connectivity index (χ2n) is 7.69. The van der Waals surface area contributed by atoms with E-state index in [0.717, 1.165) is 25.6 Å². The van der Waals surface area contributed by atoms with Crippen LogP contribution in [0.25, 0.3) is 0 Å². The number of benzene rings is 1. The molecule has 13 nitrogen and oxygen atoms in total. The third kappa shape index (κ3) is 6.83. The van der Waals surface area contributed by atoms with Crippen LogP contribution in [0.15, 0.2) is 24.3 Å². The van der Waals surface area contributed by atoms with E-state index >= 15 is 0 Å². The van der Waals surface area contributed by atoms with E-state index in [1.165, 1.54) is 6.92 Å². The molecule has 1 aliphatic rings. The molecule has 2 heterocycles. The second-order valence-corrected chi connectivity index (χ2v) is 7.69. The zero-order valence-electron chi connectivity index (χ0n) is 20.8. The van der Waals surface area contributed by atoms with E-state index in [4.69, 9.17) is 28.4 Å². The van der Waals surface area contributed by atoms with Gasteiger partial charge in [0.2, 0.25) is 11.6 Å². The molecule has 0 unspecified atom stereocenters. The maximum Gasteiger partial charge on any atom is 0.375 e. The van der Waals surface area contributed by atoms with Crippen molar-refractivity contribution in [3.05, 3.63) is 41.5 Å². The van der Waals surface area contributed by atoms with Gasteiger partial charge in [-0.15, -0.1) is 5.10 Å². The maximum absolute atomic E-state index is 12.5. The van der Waals surface area contributed by atoms with Crippen molar-refractivity contribution in [2.24, 2.45) is 0 Å². The zero-order chi connectivity index (χ0) is 27.1. The molecular weight excluding hydrogens is 490 g/mol. The first-order valence-electron chi connectivity index (χ1n) is 11.0. The van der Waals surface area contributed by atoms with Crippen molar-refractivity contribution >= 4 is 23.9 Å². The highest BCUT2D eigenvalue weighted by Crippen LogP contribution is 2.35. The predicted octanol–water partition coefficient (Wildman–Crippen LogP) is 0.797. The lowest BCUT2D eigenvalue weighted by molar-refractivity contribution is -0.166. The number of esters is 4. The fourth-order valence-electron chi connectivity index (χ4n) is 3.48. The van der Waals surface area contributed by atoms with E-state index in [-0.39, 0.29) is 18.3 Å². The molecule has 3 rings (SSSR count). The fourth-order valence-corrected chi connectivity index (χ4v) is 3.48. The summed E-state index contributed by atoms with van der Waals surface area (Å²) in [6.07, 6.45) is -4.80. The molecule has 1 aliphatic heterocycles. The van der Waals surface area contributed by atoms with Crippen molar-refractivity contribution in [1.29, 1.82) is 0 Å². The van der Waals surface area contributed by atoms with Gasteiger partial charge in [-0.05, 0) is 30.2 Å². The van der Waals surface area contributed by atoms with Crippen LogP contribution in [0, 0.1) is 11.8 Å². The van der Waals surface area contributed by atoms with Gasteiger partial charge in [-0.25, -0.2) is 9.48 Å². The SMILES string of the molecule is COC(=O)c1nc(C#Cc2ccc(OC)cc2)nn1[C@@H]1O[C@H](COC(C)=O)[C@@H](OC(C)=O)[C@H]1OC(C)=O. The minimum Gasteiger partial charge on any atom is -0.497 e. The number of nitrogens with zero attached hydrogens (tertiary/aromatic N) is 3. The van der Waals surface area contributed by atoms with Gasteiger partial charge in [-0.3, -0.25) is 14.4 Å². The normalized spacial score (nSPS) is 20.2. The van der Waals surface area contributed by atoms with Crippen molar-refractivity contribution < 1.29 is 47.6 Å². The monoisotopic (exact) mass is 515 g/mol. The molecule has 1 aromatic heterocycles. The number of rotatable bonds is 7. The molecule has 0 saturated carbocycles. The third-order valence-corrected chi connectivity index (χ3v) is 4.99. The van der Waals surface area contributed by atoms with E-state index in [9.17, 15) is 19.2 Å². The summed E-state index contributed by atoms with van der Waals surface area (Å²) in [5.41, 5.74) is 0.628. The Balaban J connectivity index is 2.02. The topological polar surface area (TPSA) is 154 Å². The molecule has 0 amide bonds.